The minimum absolute atomic E-state index is 0.245. The lowest BCUT2D eigenvalue weighted by Gasteiger charge is -2.03. The number of nitrogens with one attached hydrogen (secondary N) is 3. The van der Waals surface area contributed by atoms with Crippen molar-refractivity contribution < 1.29 is 10.0 Å². The third kappa shape index (κ3) is 5.41. The molecule has 0 spiro atoms. The van der Waals surface area contributed by atoms with E-state index in [1.807, 2.05) is 67.8 Å². The average molecular weight is 327 g/mol. The molecule has 2 rings (SSSR count). The maximum Gasteiger partial charge on any atom is 0.342 e. The molecule has 0 atom stereocenters. The Kier molecular flexibility index (Phi) is 5.45. The van der Waals surface area contributed by atoms with E-state index in [-0.39, 0.29) is 11.9 Å². The molecule has 0 aliphatic rings. The SMILES string of the molecule is Cc1ccc(N=C(Nc2ccc(C)cc2)[NH+]=C(N)N[N+](=O)[O-])cc1. The van der Waals surface area contributed by atoms with E-state index in [4.69, 9.17) is 5.73 Å². The third-order valence-electron chi connectivity index (χ3n) is 3.05. The highest BCUT2D eigenvalue weighted by Gasteiger charge is 2.09. The van der Waals surface area contributed by atoms with Crippen LogP contribution < -0.4 is 21.5 Å². The Bertz CT molecular complexity index is 766. The van der Waals surface area contributed by atoms with E-state index in [2.05, 4.69) is 15.3 Å². The number of guanidine groups is 2. The third-order valence-corrected chi connectivity index (χ3v) is 3.05. The van der Waals surface area contributed by atoms with Crippen molar-refractivity contribution in [3.8, 4) is 0 Å². The fraction of sp³-hybridized carbons (Fsp3) is 0.125. The van der Waals surface area contributed by atoms with E-state index >= 15 is 0 Å². The van der Waals surface area contributed by atoms with Crippen LogP contribution in [0.25, 0.3) is 0 Å². The van der Waals surface area contributed by atoms with Crippen LogP contribution in [-0.4, -0.2) is 17.0 Å². The lowest BCUT2D eigenvalue weighted by molar-refractivity contribution is -0.534. The average Bonchev–Trinajstić information content (AvgIpc) is 2.51. The van der Waals surface area contributed by atoms with Crippen molar-refractivity contribution in [3.63, 3.8) is 0 Å². The van der Waals surface area contributed by atoms with Crippen LogP contribution >= 0.6 is 0 Å². The zero-order valence-corrected chi connectivity index (χ0v) is 13.4. The maximum atomic E-state index is 10.5. The fourth-order valence-corrected chi connectivity index (χ4v) is 1.86. The lowest BCUT2D eigenvalue weighted by Crippen LogP contribution is -2.84. The van der Waals surface area contributed by atoms with Gasteiger partial charge in [0, 0.05) is 0 Å². The fourth-order valence-electron chi connectivity index (χ4n) is 1.86. The summed E-state index contributed by atoms with van der Waals surface area (Å²) in [6.45, 7) is 3.96. The van der Waals surface area contributed by atoms with Gasteiger partial charge in [0.25, 0.3) is 0 Å². The van der Waals surface area contributed by atoms with Crippen molar-refractivity contribution in [1.82, 2.24) is 5.43 Å². The van der Waals surface area contributed by atoms with Crippen molar-refractivity contribution >= 4 is 23.3 Å². The Morgan fingerprint density at radius 3 is 2.17 bits per heavy atom. The predicted molar refractivity (Wildman–Crippen MR) is 93.4 cm³/mol. The van der Waals surface area contributed by atoms with Crippen LogP contribution in [0.3, 0.4) is 0 Å². The van der Waals surface area contributed by atoms with Gasteiger partial charge < -0.3 is 5.73 Å². The van der Waals surface area contributed by atoms with Crippen molar-refractivity contribution in [2.75, 3.05) is 5.32 Å². The molecule has 0 saturated heterocycles. The van der Waals surface area contributed by atoms with Crippen LogP contribution in [0, 0.1) is 24.0 Å². The number of aryl methyl sites for hydroxylation is 2. The first-order chi connectivity index (χ1) is 11.4. The Labute approximate surface area is 139 Å². The summed E-state index contributed by atoms with van der Waals surface area (Å²) in [5.41, 5.74) is 11.1. The summed E-state index contributed by atoms with van der Waals surface area (Å²) in [5, 5.41) is 12.8. The summed E-state index contributed by atoms with van der Waals surface area (Å²) in [6.07, 6.45) is 0. The van der Waals surface area contributed by atoms with Crippen LogP contribution in [0.1, 0.15) is 11.1 Å². The molecule has 24 heavy (non-hydrogen) atoms. The Hall–Kier alpha value is -3.42. The second-order valence-electron chi connectivity index (χ2n) is 5.19. The van der Waals surface area contributed by atoms with E-state index in [0.717, 1.165) is 16.8 Å². The summed E-state index contributed by atoms with van der Waals surface area (Å²) < 4.78 is 0. The number of rotatable bonds is 3. The van der Waals surface area contributed by atoms with Crippen LogP contribution in [0.4, 0.5) is 11.4 Å². The monoisotopic (exact) mass is 327 g/mol. The van der Waals surface area contributed by atoms with Gasteiger partial charge in [-0.2, -0.15) is 0 Å². The van der Waals surface area contributed by atoms with Gasteiger partial charge in [-0.1, -0.05) is 35.4 Å². The van der Waals surface area contributed by atoms with Crippen molar-refractivity contribution in [3.05, 3.63) is 69.8 Å². The van der Waals surface area contributed by atoms with Gasteiger partial charge in [-0.3, -0.25) is 5.32 Å². The molecule has 0 bridgehead atoms. The number of anilines is 1. The van der Waals surface area contributed by atoms with Crippen molar-refractivity contribution in [2.45, 2.75) is 13.8 Å². The van der Waals surface area contributed by atoms with E-state index in [0.29, 0.717) is 5.69 Å². The Balaban J connectivity index is 2.31. The van der Waals surface area contributed by atoms with Gasteiger partial charge in [-0.05, 0) is 43.5 Å². The zero-order valence-electron chi connectivity index (χ0n) is 13.4. The maximum absolute atomic E-state index is 10.5. The molecule has 0 amide bonds. The number of hydrazine groups is 1. The van der Waals surface area contributed by atoms with Crippen LogP contribution in [-0.2, 0) is 0 Å². The number of benzene rings is 2. The number of nitrogens with two attached hydrogens (primary N) is 1. The number of nitrogens with zero attached hydrogens (tertiary/aromatic N) is 2. The van der Waals surface area contributed by atoms with Gasteiger partial charge in [-0.15, -0.1) is 4.99 Å². The number of hydrogen-bond acceptors (Lipinski definition) is 3. The molecule has 0 unspecified atom stereocenters. The second kappa shape index (κ2) is 7.73. The van der Waals surface area contributed by atoms with Gasteiger partial charge in [0.1, 0.15) is 5.69 Å². The Morgan fingerprint density at radius 1 is 1.08 bits per heavy atom. The minimum Gasteiger partial charge on any atom is -0.318 e. The molecule has 2 aromatic carbocycles. The summed E-state index contributed by atoms with van der Waals surface area (Å²) >= 11 is 0. The van der Waals surface area contributed by atoms with E-state index in [9.17, 15) is 10.1 Å². The van der Waals surface area contributed by atoms with Gasteiger partial charge in [0.05, 0.1) is 5.69 Å². The molecule has 5 N–H and O–H groups in total. The Morgan fingerprint density at radius 2 is 1.62 bits per heavy atom. The second-order valence-corrected chi connectivity index (χ2v) is 5.19. The normalized spacial score (nSPS) is 11.9. The molecule has 124 valence electrons. The smallest absolute Gasteiger partial charge is 0.318 e. The number of aliphatic imine (C=N–C) groups is 1. The van der Waals surface area contributed by atoms with E-state index in [1.165, 1.54) is 0 Å². The van der Waals surface area contributed by atoms with Gasteiger partial charge in [0.2, 0.25) is 0 Å². The highest BCUT2D eigenvalue weighted by Crippen LogP contribution is 2.13. The summed E-state index contributed by atoms with van der Waals surface area (Å²) in [6, 6.07) is 15.1. The predicted octanol–water partition coefficient (Wildman–Crippen LogP) is 0.580. The molecule has 0 radical (unpaired) electrons. The molecule has 0 aliphatic heterocycles. The molecule has 2 aromatic rings. The summed E-state index contributed by atoms with van der Waals surface area (Å²) in [4.78, 5) is 17.5. The summed E-state index contributed by atoms with van der Waals surface area (Å²) in [5.74, 6) is 0.0139. The highest BCUT2D eigenvalue weighted by molar-refractivity contribution is 5.91. The molecule has 0 fully saturated rings. The van der Waals surface area contributed by atoms with Gasteiger partial charge >= 0.3 is 11.9 Å². The molecule has 0 saturated carbocycles. The zero-order chi connectivity index (χ0) is 17.5. The minimum atomic E-state index is -0.752. The number of hydrogen-bond donors (Lipinski definition) is 4. The number of nitro groups is 1. The quantitative estimate of drug-likeness (QED) is 0.284. The molecule has 0 aromatic heterocycles. The molecule has 0 heterocycles. The first-order valence-electron chi connectivity index (χ1n) is 7.22. The highest BCUT2D eigenvalue weighted by atomic mass is 16.7. The van der Waals surface area contributed by atoms with E-state index in [1.54, 1.807) is 0 Å². The standard InChI is InChI=1S/C16H18N6O2/c1-11-3-7-13(8-4-11)18-16(20-15(17)21-22(23)24)19-14-9-5-12(2)6-10-14/h3-10H,1-2H3,(H4,17,18,19,20,21)/p+1. The molecule has 8 nitrogen and oxygen atoms in total. The molecular weight excluding hydrogens is 308 g/mol. The van der Waals surface area contributed by atoms with Gasteiger partial charge in [-0.25, -0.2) is 15.1 Å². The molecule has 8 heteroatoms. The van der Waals surface area contributed by atoms with Gasteiger partial charge in [0.15, 0.2) is 5.03 Å². The van der Waals surface area contributed by atoms with E-state index < -0.39 is 5.03 Å². The molecule has 0 aliphatic carbocycles. The topological polar surface area (TPSA) is 120 Å². The summed E-state index contributed by atoms with van der Waals surface area (Å²) in [7, 11) is 0. The lowest BCUT2D eigenvalue weighted by atomic mass is 10.2. The largest absolute Gasteiger partial charge is 0.342 e. The van der Waals surface area contributed by atoms with Crippen LogP contribution in [0.2, 0.25) is 0 Å². The molecular formula is C16H19N6O2+. The van der Waals surface area contributed by atoms with Crippen LogP contribution in [0.5, 0.6) is 0 Å². The van der Waals surface area contributed by atoms with Crippen molar-refractivity contribution in [2.24, 2.45) is 10.7 Å². The van der Waals surface area contributed by atoms with Crippen molar-refractivity contribution in [1.29, 1.82) is 0 Å². The van der Waals surface area contributed by atoms with Crippen LogP contribution in [0.15, 0.2) is 53.5 Å². The first-order valence-corrected chi connectivity index (χ1v) is 7.22. The first kappa shape index (κ1) is 16.9.